The van der Waals surface area contributed by atoms with E-state index in [9.17, 15) is 4.79 Å². The van der Waals surface area contributed by atoms with Crippen molar-refractivity contribution in [2.24, 2.45) is 5.92 Å². The maximum atomic E-state index is 12.2. The molecule has 0 aliphatic carbocycles. The van der Waals surface area contributed by atoms with E-state index in [0.717, 1.165) is 25.9 Å². The summed E-state index contributed by atoms with van der Waals surface area (Å²) in [7, 11) is 4.14. The number of hydrogen-bond acceptors (Lipinski definition) is 3. The number of rotatable bonds is 6. The van der Waals surface area contributed by atoms with Crippen LogP contribution in [0.25, 0.3) is 0 Å². The second-order valence-corrected chi connectivity index (χ2v) is 5.50. The summed E-state index contributed by atoms with van der Waals surface area (Å²) in [4.78, 5) is 16.4. The Labute approximate surface area is 105 Å². The molecular weight excluding hydrogens is 214 g/mol. The summed E-state index contributed by atoms with van der Waals surface area (Å²) < 4.78 is 0. The van der Waals surface area contributed by atoms with Crippen molar-refractivity contribution in [3.8, 4) is 0 Å². The van der Waals surface area contributed by atoms with Crippen LogP contribution in [0.2, 0.25) is 0 Å². The number of carbonyl (C=O) groups is 1. The SMILES string of the molecule is CCC1NC(C(C)C)C(=O)N1CCCN(C)C. The Morgan fingerprint density at radius 2 is 2.06 bits per heavy atom. The Balaban J connectivity index is 2.53. The lowest BCUT2D eigenvalue weighted by atomic mass is 10.1. The van der Waals surface area contributed by atoms with Gasteiger partial charge in [-0.1, -0.05) is 20.8 Å². The molecule has 1 amide bonds. The average Bonchev–Trinajstić information content (AvgIpc) is 2.56. The summed E-state index contributed by atoms with van der Waals surface area (Å²) in [6.07, 6.45) is 2.26. The van der Waals surface area contributed by atoms with E-state index in [1.807, 2.05) is 4.90 Å². The normalized spacial score (nSPS) is 25.4. The van der Waals surface area contributed by atoms with E-state index >= 15 is 0 Å². The quantitative estimate of drug-likeness (QED) is 0.757. The Kier molecular flexibility index (Phi) is 5.40. The van der Waals surface area contributed by atoms with Gasteiger partial charge in [0.1, 0.15) is 0 Å². The maximum Gasteiger partial charge on any atom is 0.241 e. The smallest absolute Gasteiger partial charge is 0.241 e. The zero-order valence-electron chi connectivity index (χ0n) is 11.9. The van der Waals surface area contributed by atoms with Crippen LogP contribution >= 0.6 is 0 Å². The molecule has 1 rings (SSSR count). The van der Waals surface area contributed by atoms with E-state index in [-0.39, 0.29) is 18.1 Å². The topological polar surface area (TPSA) is 35.6 Å². The van der Waals surface area contributed by atoms with Crippen LogP contribution in [0.5, 0.6) is 0 Å². The van der Waals surface area contributed by atoms with Gasteiger partial charge in [0.25, 0.3) is 0 Å². The van der Waals surface area contributed by atoms with Crippen LogP contribution in [0, 0.1) is 5.92 Å². The molecule has 0 saturated carbocycles. The predicted octanol–water partition coefficient (Wildman–Crippen LogP) is 1.13. The summed E-state index contributed by atoms with van der Waals surface area (Å²) >= 11 is 0. The van der Waals surface area contributed by atoms with Gasteiger partial charge in [0, 0.05) is 6.54 Å². The van der Waals surface area contributed by atoms with Gasteiger partial charge in [0.05, 0.1) is 12.2 Å². The fraction of sp³-hybridized carbons (Fsp3) is 0.923. The molecule has 0 aromatic carbocycles. The average molecular weight is 241 g/mol. The molecule has 1 N–H and O–H groups in total. The lowest BCUT2D eigenvalue weighted by Gasteiger charge is -2.23. The van der Waals surface area contributed by atoms with Crippen LogP contribution < -0.4 is 5.32 Å². The maximum absolute atomic E-state index is 12.2. The molecule has 0 bridgehead atoms. The molecule has 4 nitrogen and oxygen atoms in total. The first-order chi connectivity index (χ1) is 7.97. The molecule has 4 heteroatoms. The molecule has 2 atom stereocenters. The van der Waals surface area contributed by atoms with Crippen LogP contribution in [-0.4, -0.2) is 55.1 Å². The molecule has 1 fully saturated rings. The molecule has 0 aromatic rings. The van der Waals surface area contributed by atoms with Crippen LogP contribution in [-0.2, 0) is 4.79 Å². The van der Waals surface area contributed by atoms with Crippen LogP contribution in [0.4, 0.5) is 0 Å². The van der Waals surface area contributed by atoms with Crippen LogP contribution in [0.15, 0.2) is 0 Å². The fourth-order valence-corrected chi connectivity index (χ4v) is 2.34. The minimum absolute atomic E-state index is 0.0132. The summed E-state index contributed by atoms with van der Waals surface area (Å²) in [5.41, 5.74) is 0. The Morgan fingerprint density at radius 3 is 2.53 bits per heavy atom. The van der Waals surface area contributed by atoms with Crippen LogP contribution in [0.1, 0.15) is 33.6 Å². The number of carbonyl (C=O) groups excluding carboxylic acids is 1. The first kappa shape index (κ1) is 14.5. The second-order valence-electron chi connectivity index (χ2n) is 5.50. The molecule has 17 heavy (non-hydrogen) atoms. The summed E-state index contributed by atoms with van der Waals surface area (Å²) in [6, 6.07) is 0.0132. The molecule has 0 spiro atoms. The Hall–Kier alpha value is -0.610. The number of hydrogen-bond donors (Lipinski definition) is 1. The summed E-state index contributed by atoms with van der Waals surface area (Å²) in [6.45, 7) is 8.24. The monoisotopic (exact) mass is 241 g/mol. The number of nitrogens with one attached hydrogen (secondary N) is 1. The van der Waals surface area contributed by atoms with Crippen molar-refractivity contribution in [3.63, 3.8) is 0 Å². The number of nitrogens with zero attached hydrogens (tertiary/aromatic N) is 2. The highest BCUT2D eigenvalue weighted by atomic mass is 16.2. The molecule has 0 radical (unpaired) electrons. The first-order valence-electron chi connectivity index (χ1n) is 6.68. The van der Waals surface area contributed by atoms with Gasteiger partial charge in [0.15, 0.2) is 0 Å². The zero-order chi connectivity index (χ0) is 13.0. The highest BCUT2D eigenvalue weighted by molar-refractivity contribution is 5.84. The van der Waals surface area contributed by atoms with Gasteiger partial charge in [0.2, 0.25) is 5.91 Å². The van der Waals surface area contributed by atoms with E-state index in [4.69, 9.17) is 0 Å². The van der Waals surface area contributed by atoms with Crippen molar-refractivity contribution in [3.05, 3.63) is 0 Å². The minimum Gasteiger partial charge on any atom is -0.326 e. The third-order valence-electron chi connectivity index (χ3n) is 3.36. The first-order valence-corrected chi connectivity index (χ1v) is 6.68. The van der Waals surface area contributed by atoms with Crippen molar-refractivity contribution in [1.29, 1.82) is 0 Å². The zero-order valence-corrected chi connectivity index (χ0v) is 11.9. The Morgan fingerprint density at radius 1 is 1.41 bits per heavy atom. The number of amides is 1. The van der Waals surface area contributed by atoms with E-state index in [0.29, 0.717) is 5.92 Å². The minimum atomic E-state index is 0.0132. The summed E-state index contributed by atoms with van der Waals surface area (Å²) in [5.74, 6) is 0.654. The molecule has 1 saturated heterocycles. The van der Waals surface area contributed by atoms with Gasteiger partial charge >= 0.3 is 0 Å². The summed E-state index contributed by atoms with van der Waals surface area (Å²) in [5, 5.41) is 3.44. The van der Waals surface area contributed by atoms with Gasteiger partial charge < -0.3 is 9.80 Å². The molecule has 1 aliphatic rings. The lowest BCUT2D eigenvalue weighted by molar-refractivity contribution is -0.130. The van der Waals surface area contributed by atoms with Gasteiger partial charge in [-0.25, -0.2) is 0 Å². The molecule has 2 unspecified atom stereocenters. The van der Waals surface area contributed by atoms with E-state index in [2.05, 4.69) is 45.1 Å². The van der Waals surface area contributed by atoms with Gasteiger partial charge in [-0.05, 0) is 39.4 Å². The van der Waals surface area contributed by atoms with Crippen molar-refractivity contribution in [2.45, 2.75) is 45.8 Å². The standard InChI is InChI=1S/C13H27N3O/c1-6-11-14-12(10(2)3)13(17)16(11)9-7-8-15(4)5/h10-12,14H,6-9H2,1-5H3. The van der Waals surface area contributed by atoms with Crippen molar-refractivity contribution in [2.75, 3.05) is 27.2 Å². The van der Waals surface area contributed by atoms with Crippen molar-refractivity contribution >= 4 is 5.91 Å². The van der Waals surface area contributed by atoms with Crippen molar-refractivity contribution < 1.29 is 4.79 Å². The van der Waals surface area contributed by atoms with Gasteiger partial charge in [-0.15, -0.1) is 0 Å². The largest absolute Gasteiger partial charge is 0.326 e. The molecule has 100 valence electrons. The molecular formula is C13H27N3O. The van der Waals surface area contributed by atoms with Gasteiger partial charge in [-0.3, -0.25) is 10.1 Å². The lowest BCUT2D eigenvalue weighted by Crippen LogP contribution is -2.38. The van der Waals surface area contributed by atoms with Crippen molar-refractivity contribution in [1.82, 2.24) is 15.1 Å². The molecule has 1 aliphatic heterocycles. The highest BCUT2D eigenvalue weighted by Gasteiger charge is 2.38. The fourth-order valence-electron chi connectivity index (χ4n) is 2.34. The van der Waals surface area contributed by atoms with E-state index in [1.165, 1.54) is 0 Å². The highest BCUT2D eigenvalue weighted by Crippen LogP contribution is 2.18. The van der Waals surface area contributed by atoms with E-state index < -0.39 is 0 Å². The molecule has 0 aromatic heterocycles. The van der Waals surface area contributed by atoms with Gasteiger partial charge in [-0.2, -0.15) is 0 Å². The Bertz CT molecular complexity index is 253. The third-order valence-corrected chi connectivity index (χ3v) is 3.36. The van der Waals surface area contributed by atoms with Crippen LogP contribution in [0.3, 0.4) is 0 Å². The predicted molar refractivity (Wildman–Crippen MR) is 70.7 cm³/mol. The molecule has 1 heterocycles. The second kappa shape index (κ2) is 6.36. The van der Waals surface area contributed by atoms with E-state index in [1.54, 1.807) is 0 Å². The third kappa shape index (κ3) is 3.68.